The Balaban J connectivity index is 1.34. The van der Waals surface area contributed by atoms with Gasteiger partial charge in [-0.25, -0.2) is 0 Å². The maximum atomic E-state index is 12.3. The van der Waals surface area contributed by atoms with Crippen molar-refractivity contribution < 1.29 is 23.8 Å². The van der Waals surface area contributed by atoms with Gasteiger partial charge in [0.1, 0.15) is 5.75 Å². The lowest BCUT2D eigenvalue weighted by atomic mass is 9.96. The maximum Gasteiger partial charge on any atom is 0.309 e. The molecule has 1 aliphatic carbocycles. The summed E-state index contributed by atoms with van der Waals surface area (Å²) in [6.45, 7) is 1.38. The minimum absolute atomic E-state index is 0.00900. The standard InChI is InChI=1S/C28H33ClN2O5/c29-24-12-11-23-22(15-16-30-18-28(23)35-25(32)13-14-26(33)36-28)27(24)31-17-19-7-9-21(10-8-19)34-20-5-3-1-2-4-6-20/h7-12,20,30-31H,1-6,13-18H2. The summed E-state index contributed by atoms with van der Waals surface area (Å²) in [5.41, 5.74) is 3.37. The number of hydrogen-bond acceptors (Lipinski definition) is 7. The lowest BCUT2D eigenvalue weighted by molar-refractivity contribution is -0.225. The lowest BCUT2D eigenvalue weighted by Gasteiger charge is -2.32. The molecule has 1 spiro atoms. The summed E-state index contributed by atoms with van der Waals surface area (Å²) >= 11 is 6.63. The summed E-state index contributed by atoms with van der Waals surface area (Å²) < 4.78 is 17.7. The first-order valence-electron chi connectivity index (χ1n) is 13.0. The highest BCUT2D eigenvalue weighted by Crippen LogP contribution is 2.40. The zero-order chi connectivity index (χ0) is 25.0. The van der Waals surface area contributed by atoms with Crippen LogP contribution in [0.5, 0.6) is 5.75 Å². The Labute approximate surface area is 216 Å². The summed E-state index contributed by atoms with van der Waals surface area (Å²) in [4.78, 5) is 24.6. The summed E-state index contributed by atoms with van der Waals surface area (Å²) in [5, 5.41) is 7.28. The first-order valence-corrected chi connectivity index (χ1v) is 13.4. The molecule has 0 aromatic heterocycles. The molecule has 1 saturated carbocycles. The number of anilines is 1. The van der Waals surface area contributed by atoms with Crippen LogP contribution in [0.2, 0.25) is 5.02 Å². The molecule has 8 heteroatoms. The number of esters is 2. The second-order valence-corrected chi connectivity index (χ2v) is 10.2. The molecule has 0 atom stereocenters. The SMILES string of the molecule is O=C1CCC(=O)OC2(CNCCc3c2ccc(Cl)c3NCc2ccc(OC3CCCCCC3)cc2)O1. The fourth-order valence-corrected chi connectivity index (χ4v) is 5.54. The third kappa shape index (κ3) is 5.62. The Hall–Kier alpha value is -2.77. The van der Waals surface area contributed by atoms with Crippen molar-refractivity contribution in [1.82, 2.24) is 5.32 Å². The number of rotatable bonds is 5. The average Bonchev–Trinajstić information content (AvgIpc) is 3.28. The van der Waals surface area contributed by atoms with E-state index in [0.717, 1.165) is 35.4 Å². The predicted molar refractivity (Wildman–Crippen MR) is 137 cm³/mol. The van der Waals surface area contributed by atoms with Crippen molar-refractivity contribution in [3.8, 4) is 5.75 Å². The molecule has 0 amide bonds. The van der Waals surface area contributed by atoms with Crippen molar-refractivity contribution in [3.05, 3.63) is 58.1 Å². The summed E-state index contributed by atoms with van der Waals surface area (Å²) in [6, 6.07) is 11.7. The van der Waals surface area contributed by atoms with Gasteiger partial charge >= 0.3 is 11.9 Å². The van der Waals surface area contributed by atoms with Gasteiger partial charge in [-0.05, 0) is 74.0 Å². The number of hydrogen-bond donors (Lipinski definition) is 2. The smallest absolute Gasteiger partial charge is 0.309 e. The van der Waals surface area contributed by atoms with Gasteiger partial charge in [-0.3, -0.25) is 9.59 Å². The van der Waals surface area contributed by atoms with Crippen molar-refractivity contribution in [1.29, 1.82) is 0 Å². The van der Waals surface area contributed by atoms with Crippen molar-refractivity contribution in [2.75, 3.05) is 18.4 Å². The molecule has 2 aliphatic heterocycles. The molecular formula is C28H33ClN2O5. The average molecular weight is 513 g/mol. The van der Waals surface area contributed by atoms with Gasteiger partial charge < -0.3 is 24.8 Å². The van der Waals surface area contributed by atoms with Crippen LogP contribution < -0.4 is 15.4 Å². The van der Waals surface area contributed by atoms with Crippen LogP contribution in [0.15, 0.2) is 36.4 Å². The molecule has 2 aromatic carbocycles. The molecule has 0 unspecified atom stereocenters. The van der Waals surface area contributed by atoms with Crippen molar-refractivity contribution in [2.24, 2.45) is 0 Å². The molecule has 5 rings (SSSR count). The Bertz CT molecular complexity index is 1080. The van der Waals surface area contributed by atoms with Crippen molar-refractivity contribution in [3.63, 3.8) is 0 Å². The second-order valence-electron chi connectivity index (χ2n) is 9.81. The van der Waals surface area contributed by atoms with E-state index in [-0.39, 0.29) is 19.4 Å². The highest BCUT2D eigenvalue weighted by molar-refractivity contribution is 6.33. The van der Waals surface area contributed by atoms with E-state index in [2.05, 4.69) is 22.8 Å². The van der Waals surface area contributed by atoms with Gasteiger partial charge in [0.25, 0.3) is 5.79 Å². The Morgan fingerprint density at radius 3 is 2.33 bits per heavy atom. The number of nitrogens with one attached hydrogen (secondary N) is 2. The van der Waals surface area contributed by atoms with Crippen LogP contribution in [0.3, 0.4) is 0 Å². The summed E-state index contributed by atoms with van der Waals surface area (Å²) in [6.07, 6.45) is 8.31. The molecule has 36 heavy (non-hydrogen) atoms. The summed E-state index contributed by atoms with van der Waals surface area (Å²) in [7, 11) is 0. The van der Waals surface area contributed by atoms with Crippen LogP contribution in [-0.4, -0.2) is 31.1 Å². The molecule has 192 valence electrons. The minimum atomic E-state index is -1.49. The highest BCUT2D eigenvalue weighted by Gasteiger charge is 2.46. The topological polar surface area (TPSA) is 85.9 Å². The molecule has 2 aromatic rings. The van der Waals surface area contributed by atoms with Crippen LogP contribution in [0.25, 0.3) is 0 Å². The number of fused-ring (bicyclic) bond motifs is 2. The van der Waals surface area contributed by atoms with E-state index in [4.69, 9.17) is 25.8 Å². The zero-order valence-corrected chi connectivity index (χ0v) is 21.2. The fraction of sp³-hybridized carbons (Fsp3) is 0.500. The van der Waals surface area contributed by atoms with Crippen LogP contribution in [0.1, 0.15) is 68.1 Å². The van der Waals surface area contributed by atoms with Gasteiger partial charge in [0.15, 0.2) is 0 Å². The molecule has 0 bridgehead atoms. The van der Waals surface area contributed by atoms with Gasteiger partial charge in [0.05, 0.1) is 36.2 Å². The van der Waals surface area contributed by atoms with Crippen molar-refractivity contribution in [2.45, 2.75) is 76.2 Å². The first-order chi connectivity index (χ1) is 17.5. The number of halogens is 1. The molecular weight excluding hydrogens is 480 g/mol. The predicted octanol–water partition coefficient (Wildman–Crippen LogP) is 5.23. The van der Waals surface area contributed by atoms with Gasteiger partial charge in [-0.15, -0.1) is 0 Å². The van der Waals surface area contributed by atoms with E-state index < -0.39 is 17.7 Å². The fourth-order valence-electron chi connectivity index (χ4n) is 5.29. The van der Waals surface area contributed by atoms with E-state index in [9.17, 15) is 9.59 Å². The molecule has 2 fully saturated rings. The minimum Gasteiger partial charge on any atom is -0.490 e. The normalized spacial score (nSPS) is 20.4. The third-order valence-electron chi connectivity index (χ3n) is 7.17. The van der Waals surface area contributed by atoms with Crippen molar-refractivity contribution >= 4 is 29.2 Å². The highest BCUT2D eigenvalue weighted by atomic mass is 35.5. The van der Waals surface area contributed by atoms with E-state index in [1.165, 1.54) is 25.7 Å². The third-order valence-corrected chi connectivity index (χ3v) is 7.49. The molecule has 3 aliphatic rings. The van der Waals surface area contributed by atoms with E-state index >= 15 is 0 Å². The van der Waals surface area contributed by atoms with Crippen LogP contribution in [-0.2, 0) is 37.8 Å². The number of carbonyl (C=O) groups is 2. The summed E-state index contributed by atoms with van der Waals surface area (Å²) in [5.74, 6) is -1.49. The van der Waals surface area contributed by atoms with Gasteiger partial charge in [0, 0.05) is 12.1 Å². The zero-order valence-electron chi connectivity index (χ0n) is 20.4. The molecule has 2 heterocycles. The van der Waals surface area contributed by atoms with E-state index in [1.807, 2.05) is 12.1 Å². The van der Waals surface area contributed by atoms with Gasteiger partial charge in [-0.1, -0.05) is 36.6 Å². The molecule has 7 nitrogen and oxygen atoms in total. The van der Waals surface area contributed by atoms with E-state index in [1.54, 1.807) is 12.1 Å². The van der Waals surface area contributed by atoms with Crippen LogP contribution >= 0.6 is 11.6 Å². The molecule has 2 N–H and O–H groups in total. The van der Waals surface area contributed by atoms with Crippen LogP contribution in [0, 0.1) is 0 Å². The van der Waals surface area contributed by atoms with E-state index in [0.29, 0.717) is 36.2 Å². The Morgan fingerprint density at radius 2 is 1.64 bits per heavy atom. The quantitative estimate of drug-likeness (QED) is 0.419. The number of benzene rings is 2. The number of ether oxygens (including phenoxy) is 3. The first kappa shape index (κ1) is 24.9. The Kier molecular flexibility index (Phi) is 7.67. The Morgan fingerprint density at radius 1 is 0.944 bits per heavy atom. The lowest BCUT2D eigenvalue weighted by Crippen LogP contribution is -2.43. The maximum absolute atomic E-state index is 12.3. The largest absolute Gasteiger partial charge is 0.490 e. The van der Waals surface area contributed by atoms with Gasteiger partial charge in [-0.2, -0.15) is 0 Å². The molecule has 0 radical (unpaired) electrons. The number of carbonyl (C=O) groups excluding carboxylic acids is 2. The molecule has 1 saturated heterocycles. The van der Waals surface area contributed by atoms with Gasteiger partial charge in [0.2, 0.25) is 0 Å². The second kappa shape index (κ2) is 11.1. The monoisotopic (exact) mass is 512 g/mol. The van der Waals surface area contributed by atoms with Crippen LogP contribution in [0.4, 0.5) is 5.69 Å².